The van der Waals surface area contributed by atoms with E-state index in [2.05, 4.69) is 12.2 Å². The van der Waals surface area contributed by atoms with Gasteiger partial charge in [-0.2, -0.15) is 0 Å². The Labute approximate surface area is 107 Å². The lowest BCUT2D eigenvalue weighted by Gasteiger charge is -2.08. The van der Waals surface area contributed by atoms with Gasteiger partial charge in [0, 0.05) is 12.0 Å². The second kappa shape index (κ2) is 5.76. The fourth-order valence-electron chi connectivity index (χ4n) is 1.85. The van der Waals surface area contributed by atoms with Crippen molar-refractivity contribution in [2.75, 3.05) is 20.3 Å². The van der Waals surface area contributed by atoms with Crippen LogP contribution in [0.3, 0.4) is 0 Å². The third kappa shape index (κ3) is 3.39. The van der Waals surface area contributed by atoms with Gasteiger partial charge in [-0.15, -0.1) is 0 Å². The number of benzene rings is 1. The van der Waals surface area contributed by atoms with Crippen LogP contribution in [0.4, 0.5) is 0 Å². The molecule has 1 fully saturated rings. The fourth-order valence-corrected chi connectivity index (χ4v) is 1.85. The maximum Gasteiger partial charge on any atom is 0.223 e. The number of hydrogen-bond acceptors (Lipinski definition) is 3. The Morgan fingerprint density at radius 2 is 2.17 bits per heavy atom. The Kier molecular flexibility index (Phi) is 4.07. The van der Waals surface area contributed by atoms with Crippen LogP contribution in [-0.4, -0.2) is 26.2 Å². The van der Waals surface area contributed by atoms with Crippen LogP contribution in [0.15, 0.2) is 24.3 Å². The molecule has 0 radical (unpaired) electrons. The zero-order valence-electron chi connectivity index (χ0n) is 10.8. The largest absolute Gasteiger partial charge is 0.497 e. The van der Waals surface area contributed by atoms with Gasteiger partial charge in [-0.25, -0.2) is 0 Å². The van der Waals surface area contributed by atoms with Gasteiger partial charge in [-0.3, -0.25) is 4.79 Å². The minimum absolute atomic E-state index is 0.150. The van der Waals surface area contributed by atoms with Crippen LogP contribution in [-0.2, 0) is 4.79 Å². The van der Waals surface area contributed by atoms with Gasteiger partial charge in [0.15, 0.2) is 0 Å². The second-order valence-corrected chi connectivity index (χ2v) is 4.64. The summed E-state index contributed by atoms with van der Waals surface area (Å²) in [5.41, 5.74) is 0. The highest BCUT2D eigenvalue weighted by Gasteiger charge is 2.38. The summed E-state index contributed by atoms with van der Waals surface area (Å²) in [5, 5.41) is 2.88. The molecule has 1 N–H and O–H groups in total. The molecule has 1 aromatic rings. The number of carbonyl (C=O) groups excluding carboxylic acids is 1. The van der Waals surface area contributed by atoms with Gasteiger partial charge in [0.2, 0.25) is 5.91 Å². The predicted molar refractivity (Wildman–Crippen MR) is 68.8 cm³/mol. The van der Waals surface area contributed by atoms with E-state index in [1.165, 1.54) is 0 Å². The SMILES string of the molecule is COc1cccc(OCCNC(=O)C2CC2C)c1. The molecule has 2 atom stereocenters. The highest BCUT2D eigenvalue weighted by atomic mass is 16.5. The zero-order chi connectivity index (χ0) is 13.0. The van der Waals surface area contributed by atoms with Gasteiger partial charge < -0.3 is 14.8 Å². The molecule has 1 aromatic carbocycles. The van der Waals surface area contributed by atoms with Gasteiger partial charge in [0.05, 0.1) is 13.7 Å². The minimum atomic E-state index is 0.150. The third-order valence-electron chi connectivity index (χ3n) is 3.16. The first kappa shape index (κ1) is 12.7. The highest BCUT2D eigenvalue weighted by molar-refractivity contribution is 5.81. The third-order valence-corrected chi connectivity index (χ3v) is 3.16. The van der Waals surface area contributed by atoms with E-state index in [1.807, 2.05) is 24.3 Å². The lowest BCUT2D eigenvalue weighted by atomic mass is 10.3. The molecular weight excluding hydrogens is 230 g/mol. The molecule has 4 heteroatoms. The molecule has 0 bridgehead atoms. The summed E-state index contributed by atoms with van der Waals surface area (Å²) in [6.45, 7) is 3.11. The maximum atomic E-state index is 11.5. The average Bonchev–Trinajstić information content (AvgIpc) is 3.12. The number of methoxy groups -OCH3 is 1. The number of rotatable bonds is 6. The van der Waals surface area contributed by atoms with Crippen molar-refractivity contribution >= 4 is 5.91 Å². The summed E-state index contributed by atoms with van der Waals surface area (Å²) >= 11 is 0. The van der Waals surface area contributed by atoms with Gasteiger partial charge in [0.25, 0.3) is 0 Å². The molecule has 0 aliphatic heterocycles. The molecule has 1 amide bonds. The van der Waals surface area contributed by atoms with Crippen LogP contribution in [0.2, 0.25) is 0 Å². The van der Waals surface area contributed by atoms with Crippen molar-refractivity contribution in [2.45, 2.75) is 13.3 Å². The first-order valence-corrected chi connectivity index (χ1v) is 6.25. The van der Waals surface area contributed by atoms with Gasteiger partial charge in [-0.1, -0.05) is 13.0 Å². The molecule has 98 valence electrons. The predicted octanol–water partition coefficient (Wildman–Crippen LogP) is 1.85. The van der Waals surface area contributed by atoms with E-state index in [-0.39, 0.29) is 11.8 Å². The monoisotopic (exact) mass is 249 g/mol. The van der Waals surface area contributed by atoms with Crippen LogP contribution in [0.25, 0.3) is 0 Å². The van der Waals surface area contributed by atoms with E-state index in [9.17, 15) is 4.79 Å². The van der Waals surface area contributed by atoms with Gasteiger partial charge in [-0.05, 0) is 24.5 Å². The summed E-state index contributed by atoms with van der Waals surface area (Å²) in [5.74, 6) is 2.44. The molecule has 0 heterocycles. The molecule has 18 heavy (non-hydrogen) atoms. The molecule has 1 aliphatic rings. The Bertz CT molecular complexity index is 419. The van der Waals surface area contributed by atoms with E-state index >= 15 is 0 Å². The lowest BCUT2D eigenvalue weighted by Crippen LogP contribution is -2.29. The molecule has 1 aliphatic carbocycles. The summed E-state index contributed by atoms with van der Waals surface area (Å²) < 4.78 is 10.6. The van der Waals surface area contributed by atoms with Crippen LogP contribution in [0, 0.1) is 11.8 Å². The molecule has 4 nitrogen and oxygen atoms in total. The molecule has 1 saturated carbocycles. The number of nitrogens with one attached hydrogen (secondary N) is 1. The van der Waals surface area contributed by atoms with Crippen LogP contribution < -0.4 is 14.8 Å². The number of amides is 1. The van der Waals surface area contributed by atoms with E-state index in [4.69, 9.17) is 9.47 Å². The summed E-state index contributed by atoms with van der Waals surface area (Å²) in [6.07, 6.45) is 1.02. The highest BCUT2D eigenvalue weighted by Crippen LogP contribution is 2.37. The minimum Gasteiger partial charge on any atom is -0.497 e. The molecule has 0 aromatic heterocycles. The van der Waals surface area contributed by atoms with Crippen molar-refractivity contribution in [3.63, 3.8) is 0 Å². The van der Waals surface area contributed by atoms with Crippen molar-refractivity contribution in [3.8, 4) is 11.5 Å². The average molecular weight is 249 g/mol. The number of carbonyl (C=O) groups is 1. The van der Waals surface area contributed by atoms with Crippen LogP contribution in [0.1, 0.15) is 13.3 Å². The Morgan fingerprint density at radius 3 is 2.83 bits per heavy atom. The molecular formula is C14H19NO3. The van der Waals surface area contributed by atoms with Gasteiger partial charge >= 0.3 is 0 Å². The van der Waals surface area contributed by atoms with Crippen LogP contribution in [0.5, 0.6) is 11.5 Å². The lowest BCUT2D eigenvalue weighted by molar-refractivity contribution is -0.122. The first-order valence-electron chi connectivity index (χ1n) is 6.25. The molecule has 0 spiro atoms. The van der Waals surface area contributed by atoms with Gasteiger partial charge in [0.1, 0.15) is 18.1 Å². The Balaban J connectivity index is 1.67. The topological polar surface area (TPSA) is 47.6 Å². The Hall–Kier alpha value is -1.71. The molecule has 2 rings (SSSR count). The number of hydrogen-bond donors (Lipinski definition) is 1. The maximum absolute atomic E-state index is 11.5. The summed E-state index contributed by atoms with van der Waals surface area (Å²) in [4.78, 5) is 11.5. The smallest absolute Gasteiger partial charge is 0.223 e. The summed E-state index contributed by atoms with van der Waals surface area (Å²) in [7, 11) is 1.62. The van der Waals surface area contributed by atoms with Crippen molar-refractivity contribution in [1.82, 2.24) is 5.32 Å². The van der Waals surface area contributed by atoms with E-state index in [0.29, 0.717) is 19.1 Å². The number of ether oxygens (including phenoxy) is 2. The van der Waals surface area contributed by atoms with Crippen molar-refractivity contribution in [1.29, 1.82) is 0 Å². The van der Waals surface area contributed by atoms with Crippen molar-refractivity contribution in [2.24, 2.45) is 11.8 Å². The van der Waals surface area contributed by atoms with Crippen molar-refractivity contribution < 1.29 is 14.3 Å². The van der Waals surface area contributed by atoms with Crippen LogP contribution >= 0.6 is 0 Å². The Morgan fingerprint density at radius 1 is 1.44 bits per heavy atom. The van der Waals surface area contributed by atoms with E-state index in [1.54, 1.807) is 7.11 Å². The standard InChI is InChI=1S/C14H19NO3/c1-10-8-13(10)14(16)15-6-7-18-12-5-3-4-11(9-12)17-2/h3-5,9-10,13H,6-8H2,1-2H3,(H,15,16). The quantitative estimate of drug-likeness (QED) is 0.783. The fraction of sp³-hybridized carbons (Fsp3) is 0.500. The van der Waals surface area contributed by atoms with E-state index < -0.39 is 0 Å². The first-order chi connectivity index (χ1) is 8.70. The normalized spacial score (nSPS) is 21.2. The second-order valence-electron chi connectivity index (χ2n) is 4.64. The molecule has 2 unspecified atom stereocenters. The summed E-state index contributed by atoms with van der Waals surface area (Å²) in [6, 6.07) is 7.43. The zero-order valence-corrected chi connectivity index (χ0v) is 10.8. The van der Waals surface area contributed by atoms with E-state index in [0.717, 1.165) is 17.9 Å². The molecule has 0 saturated heterocycles. The van der Waals surface area contributed by atoms with Crippen molar-refractivity contribution in [3.05, 3.63) is 24.3 Å².